The maximum atomic E-state index is 10.9. The third-order valence-corrected chi connectivity index (χ3v) is 1.49. The molecule has 0 heterocycles. The van der Waals surface area contributed by atoms with Crippen LogP contribution in [0.4, 0.5) is 0 Å². The van der Waals surface area contributed by atoms with Crippen LogP contribution in [0, 0.1) is 0 Å². The zero-order chi connectivity index (χ0) is 7.11. The lowest BCUT2D eigenvalue weighted by Crippen LogP contribution is -2.02. The van der Waals surface area contributed by atoms with Crippen LogP contribution in [0.2, 0.25) is 0 Å². The first-order chi connectivity index (χ1) is 4.31. The molecule has 1 heteroatoms. The molecule has 55 valence electrons. The Bertz CT molecular complexity index is 52.5. The molecule has 0 aliphatic heterocycles. The van der Waals surface area contributed by atoms with E-state index in [1.54, 1.807) is 0 Å². The Balaban J connectivity index is 2.95. The minimum Gasteiger partial charge on any atom is -0.233 e. The second-order valence-electron chi connectivity index (χ2n) is 2.55. The standard InChI is InChI=1S/C8H17O/c1-3-5-7-8(9)6-4-2/h8H,3-7H2,1-2H3. The van der Waals surface area contributed by atoms with Crippen molar-refractivity contribution in [3.05, 3.63) is 0 Å². The molecule has 0 aromatic heterocycles. The van der Waals surface area contributed by atoms with Gasteiger partial charge < -0.3 is 0 Å². The van der Waals surface area contributed by atoms with E-state index in [-0.39, 0.29) is 6.10 Å². The fourth-order valence-corrected chi connectivity index (χ4v) is 0.898. The van der Waals surface area contributed by atoms with Crippen LogP contribution in [0.3, 0.4) is 0 Å². The van der Waals surface area contributed by atoms with Crippen LogP contribution in [0.1, 0.15) is 46.0 Å². The van der Waals surface area contributed by atoms with E-state index in [9.17, 15) is 5.11 Å². The van der Waals surface area contributed by atoms with Crippen molar-refractivity contribution in [3.63, 3.8) is 0 Å². The summed E-state index contributed by atoms with van der Waals surface area (Å²) in [5, 5.41) is 10.9. The Labute approximate surface area is 58.1 Å². The lowest BCUT2D eigenvalue weighted by molar-refractivity contribution is 0.0711. The second kappa shape index (κ2) is 6.09. The van der Waals surface area contributed by atoms with Gasteiger partial charge in [-0.15, -0.1) is 0 Å². The third kappa shape index (κ3) is 5.84. The lowest BCUT2D eigenvalue weighted by Gasteiger charge is -2.03. The second-order valence-corrected chi connectivity index (χ2v) is 2.55. The average molecular weight is 129 g/mol. The van der Waals surface area contributed by atoms with Crippen LogP contribution in [0.15, 0.2) is 0 Å². The highest BCUT2D eigenvalue weighted by Gasteiger charge is 2.01. The minimum atomic E-state index is -0.282. The molecular formula is C8H17O. The predicted octanol–water partition coefficient (Wildman–Crippen LogP) is 2.78. The van der Waals surface area contributed by atoms with Gasteiger partial charge in [0, 0.05) is 0 Å². The topological polar surface area (TPSA) is 19.9 Å². The fourth-order valence-electron chi connectivity index (χ4n) is 0.898. The number of unbranched alkanes of at least 4 members (excludes halogenated alkanes) is 1. The van der Waals surface area contributed by atoms with Crippen molar-refractivity contribution < 1.29 is 5.11 Å². The molecule has 0 aromatic rings. The van der Waals surface area contributed by atoms with Crippen molar-refractivity contribution in [2.45, 2.75) is 52.1 Å². The van der Waals surface area contributed by atoms with E-state index < -0.39 is 0 Å². The lowest BCUT2D eigenvalue weighted by atomic mass is 10.1. The van der Waals surface area contributed by atoms with Crippen molar-refractivity contribution in [3.8, 4) is 0 Å². The zero-order valence-corrected chi connectivity index (χ0v) is 6.52. The highest BCUT2D eigenvalue weighted by molar-refractivity contribution is 4.52. The van der Waals surface area contributed by atoms with E-state index >= 15 is 0 Å². The van der Waals surface area contributed by atoms with E-state index in [2.05, 4.69) is 13.8 Å². The van der Waals surface area contributed by atoms with Gasteiger partial charge >= 0.3 is 0 Å². The smallest absolute Gasteiger partial charge is 0.0930 e. The van der Waals surface area contributed by atoms with Crippen LogP contribution < -0.4 is 0 Å². The van der Waals surface area contributed by atoms with Gasteiger partial charge in [0.15, 0.2) is 0 Å². The molecule has 1 radical (unpaired) electrons. The maximum Gasteiger partial charge on any atom is 0.0930 e. The Morgan fingerprint density at radius 2 is 1.78 bits per heavy atom. The van der Waals surface area contributed by atoms with Gasteiger partial charge in [-0.3, -0.25) is 0 Å². The van der Waals surface area contributed by atoms with Gasteiger partial charge in [0.05, 0.1) is 6.10 Å². The largest absolute Gasteiger partial charge is 0.233 e. The summed E-state index contributed by atoms with van der Waals surface area (Å²) in [6.45, 7) is 4.19. The van der Waals surface area contributed by atoms with Crippen LogP contribution in [-0.4, -0.2) is 6.10 Å². The molecule has 1 atom stereocenters. The summed E-state index contributed by atoms with van der Waals surface area (Å²) in [6, 6.07) is 0. The van der Waals surface area contributed by atoms with E-state index in [0.29, 0.717) is 0 Å². The predicted molar refractivity (Wildman–Crippen MR) is 38.9 cm³/mol. The van der Waals surface area contributed by atoms with Gasteiger partial charge in [0.1, 0.15) is 0 Å². The molecule has 0 spiro atoms. The average Bonchev–Trinajstić information content (AvgIpc) is 1.85. The molecule has 1 unspecified atom stereocenters. The van der Waals surface area contributed by atoms with Crippen molar-refractivity contribution in [2.75, 3.05) is 0 Å². The van der Waals surface area contributed by atoms with E-state index in [4.69, 9.17) is 0 Å². The zero-order valence-electron chi connectivity index (χ0n) is 6.52. The van der Waals surface area contributed by atoms with Gasteiger partial charge in [0.2, 0.25) is 0 Å². The first kappa shape index (κ1) is 8.96. The minimum absolute atomic E-state index is 0.282. The summed E-state index contributed by atoms with van der Waals surface area (Å²) in [6.07, 6.45) is 4.76. The van der Waals surface area contributed by atoms with Gasteiger partial charge in [-0.05, 0) is 12.8 Å². The summed E-state index contributed by atoms with van der Waals surface area (Å²) in [7, 11) is 0. The molecule has 0 N–H and O–H groups in total. The first-order valence-corrected chi connectivity index (χ1v) is 3.97. The van der Waals surface area contributed by atoms with Gasteiger partial charge in [-0.25, -0.2) is 5.11 Å². The number of rotatable bonds is 5. The number of hydrogen-bond acceptors (Lipinski definition) is 0. The van der Waals surface area contributed by atoms with Crippen LogP contribution in [0.25, 0.3) is 0 Å². The summed E-state index contributed by atoms with van der Waals surface area (Å²) < 4.78 is 0. The van der Waals surface area contributed by atoms with E-state index in [1.165, 1.54) is 0 Å². The SMILES string of the molecule is CCCCC([O])CCC. The molecule has 0 saturated heterocycles. The molecule has 9 heavy (non-hydrogen) atoms. The molecule has 1 nitrogen and oxygen atoms in total. The van der Waals surface area contributed by atoms with Crippen molar-refractivity contribution in [1.29, 1.82) is 0 Å². The van der Waals surface area contributed by atoms with Crippen molar-refractivity contribution >= 4 is 0 Å². The summed E-state index contributed by atoms with van der Waals surface area (Å²) in [4.78, 5) is 0. The highest BCUT2D eigenvalue weighted by Crippen LogP contribution is 2.05. The number of hydrogen-bond donors (Lipinski definition) is 0. The highest BCUT2D eigenvalue weighted by atomic mass is 16.3. The summed E-state index contributed by atoms with van der Waals surface area (Å²) >= 11 is 0. The van der Waals surface area contributed by atoms with Crippen molar-refractivity contribution in [1.82, 2.24) is 0 Å². The molecule has 0 aliphatic rings. The van der Waals surface area contributed by atoms with Crippen molar-refractivity contribution in [2.24, 2.45) is 0 Å². The molecule has 0 bridgehead atoms. The Morgan fingerprint density at radius 1 is 1.11 bits per heavy atom. The maximum absolute atomic E-state index is 10.9. The van der Waals surface area contributed by atoms with E-state index in [0.717, 1.165) is 32.1 Å². The molecular weight excluding hydrogens is 112 g/mol. The Hall–Kier alpha value is -0.0400. The van der Waals surface area contributed by atoms with Gasteiger partial charge in [0.25, 0.3) is 0 Å². The van der Waals surface area contributed by atoms with Gasteiger partial charge in [-0.2, -0.15) is 0 Å². The molecule has 0 rings (SSSR count). The molecule has 0 amide bonds. The molecule has 0 fully saturated rings. The molecule has 0 aliphatic carbocycles. The Morgan fingerprint density at radius 3 is 2.22 bits per heavy atom. The first-order valence-electron chi connectivity index (χ1n) is 3.97. The van der Waals surface area contributed by atoms with Crippen LogP contribution >= 0.6 is 0 Å². The van der Waals surface area contributed by atoms with E-state index in [1.807, 2.05) is 0 Å². The van der Waals surface area contributed by atoms with Crippen LogP contribution in [-0.2, 0) is 5.11 Å². The summed E-state index contributed by atoms with van der Waals surface area (Å²) in [5.74, 6) is 0. The quantitative estimate of drug-likeness (QED) is 0.544. The van der Waals surface area contributed by atoms with Crippen LogP contribution in [0.5, 0.6) is 0 Å². The Kier molecular flexibility index (Phi) is 6.06. The third-order valence-electron chi connectivity index (χ3n) is 1.49. The molecule has 0 aromatic carbocycles. The monoisotopic (exact) mass is 129 g/mol. The fraction of sp³-hybridized carbons (Fsp3) is 1.00. The van der Waals surface area contributed by atoms with Gasteiger partial charge in [-0.1, -0.05) is 33.1 Å². The summed E-state index contributed by atoms with van der Waals surface area (Å²) in [5.41, 5.74) is 0. The normalized spacial score (nSPS) is 13.7. The molecule has 0 saturated carbocycles.